The second kappa shape index (κ2) is 9.13. The molecule has 1 heterocycles. The maximum absolute atomic E-state index is 12.8. The lowest BCUT2D eigenvalue weighted by atomic mass is 9.90. The zero-order valence-corrected chi connectivity index (χ0v) is 16.2. The molecule has 1 aromatic rings. The van der Waals surface area contributed by atoms with E-state index in [4.69, 9.17) is 5.73 Å². The minimum Gasteiger partial charge on any atom is -0.350 e. The highest BCUT2D eigenvalue weighted by Crippen LogP contribution is 2.29. The van der Waals surface area contributed by atoms with Gasteiger partial charge in [0.1, 0.15) is 0 Å². The minimum atomic E-state index is -4.52. The molecule has 3 rings (SSSR count). The van der Waals surface area contributed by atoms with Crippen molar-refractivity contribution < 1.29 is 22.8 Å². The summed E-state index contributed by atoms with van der Waals surface area (Å²) in [5.41, 5.74) is 5.20. The Morgan fingerprint density at radius 2 is 1.93 bits per heavy atom. The molecule has 2 aliphatic rings. The maximum atomic E-state index is 12.8. The first-order valence-corrected chi connectivity index (χ1v) is 9.98. The first-order valence-electron chi connectivity index (χ1n) is 9.98. The third-order valence-corrected chi connectivity index (χ3v) is 5.70. The highest BCUT2D eigenvalue weighted by Gasteiger charge is 2.33. The molecule has 3 atom stereocenters. The van der Waals surface area contributed by atoms with E-state index in [1.54, 1.807) is 0 Å². The molecule has 9 heteroatoms. The summed E-state index contributed by atoms with van der Waals surface area (Å²) in [4.78, 5) is 26.6. The van der Waals surface area contributed by atoms with Crippen molar-refractivity contribution in [2.75, 3.05) is 19.6 Å². The van der Waals surface area contributed by atoms with E-state index in [1.807, 2.05) is 0 Å². The van der Waals surface area contributed by atoms with E-state index in [1.165, 1.54) is 18.6 Å². The van der Waals surface area contributed by atoms with Gasteiger partial charge in [-0.25, -0.2) is 0 Å². The summed E-state index contributed by atoms with van der Waals surface area (Å²) in [5, 5.41) is 5.27. The van der Waals surface area contributed by atoms with Crippen LogP contribution in [0.5, 0.6) is 0 Å². The molecule has 1 aliphatic heterocycles. The maximum Gasteiger partial charge on any atom is 0.416 e. The summed E-state index contributed by atoms with van der Waals surface area (Å²) in [6, 6.07) is 4.63. The lowest BCUT2D eigenvalue weighted by molar-refractivity contribution is -0.137. The van der Waals surface area contributed by atoms with E-state index in [-0.39, 0.29) is 30.1 Å². The number of hydrogen-bond donors (Lipinski definition) is 3. The van der Waals surface area contributed by atoms with Crippen LogP contribution >= 0.6 is 0 Å². The third kappa shape index (κ3) is 5.70. The van der Waals surface area contributed by atoms with Crippen molar-refractivity contribution in [1.29, 1.82) is 0 Å². The Bertz CT molecular complexity index is 741. The van der Waals surface area contributed by atoms with Gasteiger partial charge in [0.15, 0.2) is 0 Å². The summed E-state index contributed by atoms with van der Waals surface area (Å²) < 4.78 is 38.3. The molecule has 6 nitrogen and oxygen atoms in total. The monoisotopic (exact) mass is 412 g/mol. The van der Waals surface area contributed by atoms with Crippen LogP contribution in [0.3, 0.4) is 0 Å². The van der Waals surface area contributed by atoms with Crippen LogP contribution in [0.4, 0.5) is 13.2 Å². The van der Waals surface area contributed by atoms with Gasteiger partial charge < -0.3 is 16.4 Å². The van der Waals surface area contributed by atoms with E-state index in [0.29, 0.717) is 6.04 Å². The predicted octanol–water partition coefficient (Wildman–Crippen LogP) is 1.90. The second-order valence-electron chi connectivity index (χ2n) is 7.82. The molecule has 2 amide bonds. The molecule has 2 unspecified atom stereocenters. The van der Waals surface area contributed by atoms with E-state index in [9.17, 15) is 22.8 Å². The van der Waals surface area contributed by atoms with E-state index < -0.39 is 17.6 Å². The van der Waals surface area contributed by atoms with Crippen LogP contribution in [0.1, 0.15) is 48.0 Å². The normalized spacial score (nSPS) is 25.6. The van der Waals surface area contributed by atoms with Crippen LogP contribution < -0.4 is 16.4 Å². The van der Waals surface area contributed by atoms with Crippen LogP contribution in [0.25, 0.3) is 0 Å². The zero-order chi connectivity index (χ0) is 21.0. The van der Waals surface area contributed by atoms with Crippen LogP contribution in [-0.4, -0.2) is 54.5 Å². The Balaban J connectivity index is 1.45. The number of nitrogens with two attached hydrogens (primary N) is 1. The van der Waals surface area contributed by atoms with Gasteiger partial charge in [-0.2, -0.15) is 13.2 Å². The van der Waals surface area contributed by atoms with Crippen LogP contribution in [0, 0.1) is 0 Å². The van der Waals surface area contributed by atoms with Crippen molar-refractivity contribution in [1.82, 2.24) is 15.5 Å². The van der Waals surface area contributed by atoms with Crippen molar-refractivity contribution in [3.8, 4) is 0 Å². The van der Waals surface area contributed by atoms with Gasteiger partial charge in [0, 0.05) is 36.8 Å². The smallest absolute Gasteiger partial charge is 0.350 e. The number of likely N-dealkylation sites (tertiary alicyclic amines) is 1. The summed E-state index contributed by atoms with van der Waals surface area (Å²) >= 11 is 0. The van der Waals surface area contributed by atoms with E-state index in [2.05, 4.69) is 15.5 Å². The molecular formula is C20H27F3N4O2. The van der Waals surface area contributed by atoms with Gasteiger partial charge in [-0.3, -0.25) is 14.5 Å². The molecule has 0 radical (unpaired) electrons. The molecule has 160 valence electrons. The molecule has 0 aromatic heterocycles. The summed E-state index contributed by atoms with van der Waals surface area (Å²) in [7, 11) is 0. The molecule has 29 heavy (non-hydrogen) atoms. The summed E-state index contributed by atoms with van der Waals surface area (Å²) in [5.74, 6) is -1.07. The van der Waals surface area contributed by atoms with Crippen LogP contribution in [0.2, 0.25) is 0 Å². The molecule has 1 aliphatic carbocycles. The number of benzene rings is 1. The number of hydrogen-bond acceptors (Lipinski definition) is 4. The fourth-order valence-electron chi connectivity index (χ4n) is 4.18. The molecule has 1 aromatic carbocycles. The van der Waals surface area contributed by atoms with Crippen LogP contribution in [-0.2, 0) is 11.0 Å². The van der Waals surface area contributed by atoms with Crippen molar-refractivity contribution in [3.05, 3.63) is 35.4 Å². The Morgan fingerprint density at radius 1 is 1.17 bits per heavy atom. The number of nitrogens with zero attached hydrogens (tertiary/aromatic N) is 1. The SMILES string of the molecule is NC1CCCCC1N1CC[C@@H](NC(=O)CNC(=O)c2cccc(C(F)(F)F)c2)C1. The molecule has 1 saturated carbocycles. The fraction of sp³-hybridized carbons (Fsp3) is 0.600. The quantitative estimate of drug-likeness (QED) is 0.689. The Hall–Kier alpha value is -2.13. The number of rotatable bonds is 5. The molecular weight excluding hydrogens is 385 g/mol. The number of nitrogens with one attached hydrogen (secondary N) is 2. The lowest BCUT2D eigenvalue weighted by Crippen LogP contribution is -2.50. The highest BCUT2D eigenvalue weighted by atomic mass is 19.4. The molecule has 1 saturated heterocycles. The number of carbonyl (C=O) groups is 2. The second-order valence-corrected chi connectivity index (χ2v) is 7.82. The largest absolute Gasteiger partial charge is 0.416 e. The topological polar surface area (TPSA) is 87.5 Å². The molecule has 2 fully saturated rings. The third-order valence-electron chi connectivity index (χ3n) is 5.70. The van der Waals surface area contributed by atoms with Crippen LogP contribution in [0.15, 0.2) is 24.3 Å². The fourth-order valence-corrected chi connectivity index (χ4v) is 4.18. The van der Waals surface area contributed by atoms with Crippen molar-refractivity contribution in [2.45, 2.75) is 56.4 Å². The lowest BCUT2D eigenvalue weighted by Gasteiger charge is -2.36. The molecule has 0 spiro atoms. The van der Waals surface area contributed by atoms with Gasteiger partial charge >= 0.3 is 6.18 Å². The van der Waals surface area contributed by atoms with Gasteiger partial charge in [-0.15, -0.1) is 0 Å². The zero-order valence-electron chi connectivity index (χ0n) is 16.2. The standard InChI is InChI=1S/C20H27F3N4O2/c21-20(22,23)14-5-3-4-13(10-14)19(29)25-11-18(28)26-15-8-9-27(12-15)17-7-2-1-6-16(17)24/h3-5,10,15-17H,1-2,6-9,11-12,24H2,(H,25,29)(H,26,28)/t15-,16?,17?/m1/s1. The molecule has 4 N–H and O–H groups in total. The number of amides is 2. The molecule has 0 bridgehead atoms. The Labute approximate surface area is 168 Å². The number of halogens is 3. The van der Waals surface area contributed by atoms with Crippen molar-refractivity contribution in [2.24, 2.45) is 5.73 Å². The van der Waals surface area contributed by atoms with Gasteiger partial charge in [-0.05, 0) is 37.5 Å². The van der Waals surface area contributed by atoms with E-state index in [0.717, 1.165) is 50.9 Å². The van der Waals surface area contributed by atoms with Gasteiger partial charge in [-0.1, -0.05) is 18.9 Å². The van der Waals surface area contributed by atoms with Gasteiger partial charge in [0.05, 0.1) is 12.1 Å². The highest BCUT2D eigenvalue weighted by molar-refractivity contribution is 5.96. The van der Waals surface area contributed by atoms with Gasteiger partial charge in [0.25, 0.3) is 5.91 Å². The predicted molar refractivity (Wildman–Crippen MR) is 102 cm³/mol. The van der Waals surface area contributed by atoms with Gasteiger partial charge in [0.2, 0.25) is 5.91 Å². The van der Waals surface area contributed by atoms with Crippen molar-refractivity contribution >= 4 is 11.8 Å². The first-order chi connectivity index (χ1) is 13.7. The Morgan fingerprint density at radius 3 is 2.66 bits per heavy atom. The number of carbonyl (C=O) groups excluding carboxylic acids is 2. The summed E-state index contributed by atoms with van der Waals surface area (Å²) in [6.45, 7) is 1.32. The van der Waals surface area contributed by atoms with Crippen molar-refractivity contribution in [3.63, 3.8) is 0 Å². The average Bonchev–Trinajstić information content (AvgIpc) is 3.14. The average molecular weight is 412 g/mol. The van der Waals surface area contributed by atoms with E-state index >= 15 is 0 Å². The summed E-state index contributed by atoms with van der Waals surface area (Å²) in [6.07, 6.45) is 0.735. The minimum absolute atomic E-state index is 0.0120. The number of alkyl halides is 3. The first kappa shape index (κ1) is 21.6. The Kier molecular flexibility index (Phi) is 6.79.